The van der Waals surface area contributed by atoms with Crippen LogP contribution >= 0.6 is 0 Å². The molecule has 0 aliphatic carbocycles. The van der Waals surface area contributed by atoms with Crippen LogP contribution in [0.15, 0.2) is 12.3 Å². The van der Waals surface area contributed by atoms with Crippen molar-refractivity contribution in [2.75, 3.05) is 31.1 Å². The number of anilines is 1. The lowest BCUT2D eigenvalue weighted by Gasteiger charge is -2.37. The lowest BCUT2D eigenvalue weighted by molar-refractivity contribution is 0.192. The fraction of sp³-hybridized carbons (Fsp3) is 0.615. The van der Waals surface area contributed by atoms with E-state index in [9.17, 15) is 0 Å². The van der Waals surface area contributed by atoms with E-state index in [1.807, 2.05) is 0 Å². The SMILES string of the molecule is CCC(C)N1CCN(c2nccc(C(=N)N)n2)CC1. The van der Waals surface area contributed by atoms with Crippen molar-refractivity contribution in [3.05, 3.63) is 18.0 Å². The van der Waals surface area contributed by atoms with Gasteiger partial charge in [0.2, 0.25) is 5.95 Å². The normalized spacial score (nSPS) is 18.3. The molecule has 0 radical (unpaired) electrons. The van der Waals surface area contributed by atoms with Crippen molar-refractivity contribution in [3.63, 3.8) is 0 Å². The van der Waals surface area contributed by atoms with Crippen molar-refractivity contribution in [2.24, 2.45) is 5.73 Å². The smallest absolute Gasteiger partial charge is 0.226 e. The summed E-state index contributed by atoms with van der Waals surface area (Å²) in [4.78, 5) is 13.3. The summed E-state index contributed by atoms with van der Waals surface area (Å²) in [5.41, 5.74) is 5.95. The predicted octanol–water partition coefficient (Wildman–Crippen LogP) is 0.681. The second kappa shape index (κ2) is 5.97. The van der Waals surface area contributed by atoms with Crippen molar-refractivity contribution in [1.82, 2.24) is 14.9 Å². The molecule has 6 heteroatoms. The van der Waals surface area contributed by atoms with Crippen LogP contribution in [0.4, 0.5) is 5.95 Å². The first-order valence-corrected chi connectivity index (χ1v) is 6.78. The summed E-state index contributed by atoms with van der Waals surface area (Å²) in [5.74, 6) is 0.665. The van der Waals surface area contributed by atoms with E-state index in [0.717, 1.165) is 26.2 Å². The van der Waals surface area contributed by atoms with Crippen molar-refractivity contribution in [1.29, 1.82) is 5.41 Å². The summed E-state index contributed by atoms with van der Waals surface area (Å²) in [5, 5.41) is 7.42. The topological polar surface area (TPSA) is 82.1 Å². The van der Waals surface area contributed by atoms with Gasteiger partial charge in [-0.2, -0.15) is 0 Å². The van der Waals surface area contributed by atoms with E-state index in [-0.39, 0.29) is 5.84 Å². The van der Waals surface area contributed by atoms with E-state index in [2.05, 4.69) is 33.6 Å². The number of nitrogen functional groups attached to an aromatic ring is 1. The maximum Gasteiger partial charge on any atom is 0.226 e. The maximum absolute atomic E-state index is 7.42. The summed E-state index contributed by atoms with van der Waals surface area (Å²) < 4.78 is 0. The van der Waals surface area contributed by atoms with Crippen LogP contribution < -0.4 is 10.6 Å². The van der Waals surface area contributed by atoms with E-state index in [1.165, 1.54) is 6.42 Å². The molecule has 1 aliphatic heterocycles. The van der Waals surface area contributed by atoms with Crippen LogP contribution in [0.1, 0.15) is 26.0 Å². The highest BCUT2D eigenvalue weighted by molar-refractivity contribution is 5.93. The lowest BCUT2D eigenvalue weighted by atomic mass is 10.2. The highest BCUT2D eigenvalue weighted by atomic mass is 15.3. The molecule has 0 saturated carbocycles. The maximum atomic E-state index is 7.42. The zero-order valence-corrected chi connectivity index (χ0v) is 11.6. The number of aromatic nitrogens is 2. The van der Waals surface area contributed by atoms with Crippen molar-refractivity contribution in [3.8, 4) is 0 Å². The second-order valence-corrected chi connectivity index (χ2v) is 4.94. The molecule has 0 spiro atoms. The number of nitrogens with one attached hydrogen (secondary N) is 1. The molecule has 2 heterocycles. The Kier molecular flexibility index (Phi) is 4.31. The number of nitrogens with two attached hydrogens (primary N) is 1. The average molecular weight is 262 g/mol. The van der Waals surface area contributed by atoms with E-state index in [0.29, 0.717) is 17.7 Å². The molecule has 2 rings (SSSR count). The van der Waals surface area contributed by atoms with Gasteiger partial charge in [0.05, 0.1) is 0 Å². The Morgan fingerprint density at radius 2 is 2.11 bits per heavy atom. The third-order valence-corrected chi connectivity index (χ3v) is 3.73. The average Bonchev–Trinajstić information content (AvgIpc) is 2.46. The minimum absolute atomic E-state index is 0.0121. The van der Waals surface area contributed by atoms with E-state index < -0.39 is 0 Å². The number of hydrogen-bond donors (Lipinski definition) is 2. The summed E-state index contributed by atoms with van der Waals surface area (Å²) in [6.45, 7) is 8.39. The minimum Gasteiger partial charge on any atom is -0.382 e. The Labute approximate surface area is 114 Å². The molecule has 1 aliphatic rings. The summed E-state index contributed by atoms with van der Waals surface area (Å²) >= 11 is 0. The fourth-order valence-corrected chi connectivity index (χ4v) is 2.27. The number of hydrogen-bond acceptors (Lipinski definition) is 5. The van der Waals surface area contributed by atoms with Crippen molar-refractivity contribution >= 4 is 11.8 Å². The predicted molar refractivity (Wildman–Crippen MR) is 76.6 cm³/mol. The van der Waals surface area contributed by atoms with Gasteiger partial charge in [-0.05, 0) is 19.4 Å². The van der Waals surface area contributed by atoms with Gasteiger partial charge in [0.25, 0.3) is 0 Å². The molecular formula is C13H22N6. The highest BCUT2D eigenvalue weighted by Gasteiger charge is 2.21. The van der Waals surface area contributed by atoms with Gasteiger partial charge in [0.1, 0.15) is 11.5 Å². The van der Waals surface area contributed by atoms with E-state index >= 15 is 0 Å². The first kappa shape index (κ1) is 13.7. The van der Waals surface area contributed by atoms with Gasteiger partial charge in [-0.1, -0.05) is 6.92 Å². The largest absolute Gasteiger partial charge is 0.382 e. The fourth-order valence-electron chi connectivity index (χ4n) is 2.27. The van der Waals surface area contributed by atoms with Gasteiger partial charge in [0, 0.05) is 38.4 Å². The highest BCUT2D eigenvalue weighted by Crippen LogP contribution is 2.13. The van der Waals surface area contributed by atoms with Crippen molar-refractivity contribution < 1.29 is 0 Å². The molecule has 104 valence electrons. The molecule has 1 aromatic rings. The van der Waals surface area contributed by atoms with Gasteiger partial charge in [-0.3, -0.25) is 10.3 Å². The van der Waals surface area contributed by atoms with Crippen LogP contribution in [-0.2, 0) is 0 Å². The van der Waals surface area contributed by atoms with Crippen LogP contribution in [0, 0.1) is 5.41 Å². The molecule has 3 N–H and O–H groups in total. The van der Waals surface area contributed by atoms with E-state index in [4.69, 9.17) is 11.1 Å². The molecule has 19 heavy (non-hydrogen) atoms. The number of rotatable bonds is 4. The van der Waals surface area contributed by atoms with Gasteiger partial charge in [0.15, 0.2) is 0 Å². The molecule has 1 unspecified atom stereocenters. The van der Waals surface area contributed by atoms with E-state index in [1.54, 1.807) is 12.3 Å². The molecule has 1 aromatic heterocycles. The van der Waals surface area contributed by atoms with Crippen LogP contribution in [0.25, 0.3) is 0 Å². The molecule has 6 nitrogen and oxygen atoms in total. The Hall–Kier alpha value is -1.69. The number of amidine groups is 1. The molecule has 0 amide bonds. The number of nitrogens with zero attached hydrogens (tertiary/aromatic N) is 4. The van der Waals surface area contributed by atoms with Crippen LogP contribution in [0.2, 0.25) is 0 Å². The molecule has 1 atom stereocenters. The minimum atomic E-state index is -0.0121. The Morgan fingerprint density at radius 3 is 2.68 bits per heavy atom. The number of piperazine rings is 1. The van der Waals surface area contributed by atoms with Crippen molar-refractivity contribution in [2.45, 2.75) is 26.3 Å². The van der Waals surface area contributed by atoms with Crippen LogP contribution in [0.5, 0.6) is 0 Å². The molecule has 0 aromatic carbocycles. The van der Waals surface area contributed by atoms with Gasteiger partial charge < -0.3 is 10.6 Å². The van der Waals surface area contributed by atoms with Crippen LogP contribution in [-0.4, -0.2) is 52.9 Å². The lowest BCUT2D eigenvalue weighted by Crippen LogP contribution is -2.50. The summed E-state index contributed by atoms with van der Waals surface area (Å²) in [6.07, 6.45) is 2.84. The van der Waals surface area contributed by atoms with Gasteiger partial charge in [-0.15, -0.1) is 0 Å². The first-order valence-electron chi connectivity index (χ1n) is 6.78. The Balaban J connectivity index is 2.01. The van der Waals surface area contributed by atoms with Gasteiger partial charge >= 0.3 is 0 Å². The zero-order chi connectivity index (χ0) is 13.8. The molecule has 0 bridgehead atoms. The first-order chi connectivity index (χ1) is 9.11. The molecule has 1 saturated heterocycles. The van der Waals surface area contributed by atoms with Crippen LogP contribution in [0.3, 0.4) is 0 Å². The van der Waals surface area contributed by atoms with Gasteiger partial charge in [-0.25, -0.2) is 9.97 Å². The third-order valence-electron chi connectivity index (χ3n) is 3.73. The second-order valence-electron chi connectivity index (χ2n) is 4.94. The Bertz CT molecular complexity index is 439. The quantitative estimate of drug-likeness (QED) is 0.616. The molecule has 1 fully saturated rings. The summed E-state index contributed by atoms with van der Waals surface area (Å²) in [6, 6.07) is 2.30. The third kappa shape index (κ3) is 3.20. The summed E-state index contributed by atoms with van der Waals surface area (Å²) in [7, 11) is 0. The molecular weight excluding hydrogens is 240 g/mol. The monoisotopic (exact) mass is 262 g/mol. The standard InChI is InChI=1S/C13H22N6/c1-3-10(2)18-6-8-19(9-7-18)13-16-5-4-11(17-13)12(14)15/h4-5,10H,3,6-9H2,1-2H3,(H3,14,15). The Morgan fingerprint density at radius 1 is 1.42 bits per heavy atom. The zero-order valence-electron chi connectivity index (χ0n) is 11.6.